The Morgan fingerprint density at radius 3 is 2.64 bits per heavy atom. The average Bonchev–Trinajstić information content (AvgIpc) is 3.20. The van der Waals surface area contributed by atoms with Crippen LogP contribution >= 0.6 is 22.9 Å². The first kappa shape index (κ1) is 16.2. The van der Waals surface area contributed by atoms with Crippen molar-refractivity contribution in [1.29, 1.82) is 0 Å². The van der Waals surface area contributed by atoms with Gasteiger partial charge in [0, 0.05) is 29.1 Å². The number of nitrogens with zero attached hydrogens (tertiary/aromatic N) is 2. The third-order valence-electron chi connectivity index (χ3n) is 3.93. The fourth-order valence-corrected chi connectivity index (χ4v) is 3.68. The monoisotopic (exact) mass is 376 g/mol. The molecule has 3 aromatic heterocycles. The minimum absolute atomic E-state index is 0.224. The smallest absolute Gasteiger partial charge is 0.139 e. The zero-order valence-corrected chi connectivity index (χ0v) is 14.3. The van der Waals surface area contributed by atoms with Gasteiger partial charge in [-0.25, -0.2) is 13.8 Å². The van der Waals surface area contributed by atoms with Crippen LogP contribution in [0.3, 0.4) is 0 Å². The molecule has 0 bridgehead atoms. The molecule has 1 aromatic carbocycles. The van der Waals surface area contributed by atoms with E-state index in [0.717, 1.165) is 16.6 Å². The van der Waals surface area contributed by atoms with Crippen LogP contribution in [0.2, 0.25) is 4.34 Å². The molecule has 3 heterocycles. The van der Waals surface area contributed by atoms with Gasteiger partial charge in [0.05, 0.1) is 21.5 Å². The highest BCUT2D eigenvalue weighted by molar-refractivity contribution is 7.19. The van der Waals surface area contributed by atoms with Gasteiger partial charge in [-0.1, -0.05) is 11.6 Å². The lowest BCUT2D eigenvalue weighted by Gasteiger charge is -2.08. The van der Waals surface area contributed by atoms with Gasteiger partial charge in [-0.15, -0.1) is 11.3 Å². The molecular formula is C18H11ClF2N2OS. The van der Waals surface area contributed by atoms with Crippen molar-refractivity contribution in [2.75, 3.05) is 0 Å². The lowest BCUT2D eigenvalue weighted by Crippen LogP contribution is -1.98. The van der Waals surface area contributed by atoms with Gasteiger partial charge in [-0.3, -0.25) is 0 Å². The number of hydrogen-bond donors (Lipinski definition) is 1. The first-order valence-corrected chi connectivity index (χ1v) is 8.59. The highest BCUT2D eigenvalue weighted by Gasteiger charge is 2.15. The number of imidazole rings is 1. The van der Waals surface area contributed by atoms with Crippen LogP contribution in [0, 0.1) is 11.6 Å². The van der Waals surface area contributed by atoms with E-state index in [1.54, 1.807) is 28.8 Å². The molecule has 0 aliphatic rings. The molecule has 7 heteroatoms. The van der Waals surface area contributed by atoms with E-state index in [-0.39, 0.29) is 11.1 Å². The standard InChI is InChI=1S/C18H11ClF2N2OS/c19-16-5-4-15(25-16)14-8-23-7-10(1-6-17(23)22-14)11-2-3-13(20)12(9-24)18(11)21/h1-8,24H,9H2. The van der Waals surface area contributed by atoms with E-state index >= 15 is 0 Å². The van der Waals surface area contributed by atoms with Crippen molar-refractivity contribution in [1.82, 2.24) is 9.38 Å². The van der Waals surface area contributed by atoms with Gasteiger partial charge >= 0.3 is 0 Å². The number of rotatable bonds is 3. The van der Waals surface area contributed by atoms with Crippen molar-refractivity contribution in [2.45, 2.75) is 6.61 Å². The molecule has 3 nitrogen and oxygen atoms in total. The Hall–Kier alpha value is -2.28. The minimum atomic E-state index is -0.760. The zero-order valence-electron chi connectivity index (χ0n) is 12.7. The molecule has 0 spiro atoms. The molecule has 25 heavy (non-hydrogen) atoms. The van der Waals surface area contributed by atoms with E-state index in [1.165, 1.54) is 17.4 Å². The van der Waals surface area contributed by atoms with Crippen LogP contribution in [0.15, 0.2) is 48.8 Å². The highest BCUT2D eigenvalue weighted by atomic mass is 35.5. The van der Waals surface area contributed by atoms with Gasteiger partial charge in [0.25, 0.3) is 0 Å². The van der Waals surface area contributed by atoms with Crippen molar-refractivity contribution in [3.8, 4) is 21.7 Å². The summed E-state index contributed by atoms with van der Waals surface area (Å²) in [5, 5.41) is 9.17. The molecule has 0 saturated heterocycles. The minimum Gasteiger partial charge on any atom is -0.391 e. The van der Waals surface area contributed by atoms with Gasteiger partial charge in [-0.2, -0.15) is 0 Å². The highest BCUT2D eigenvalue weighted by Crippen LogP contribution is 2.32. The third kappa shape index (κ3) is 2.82. The predicted molar refractivity (Wildman–Crippen MR) is 94.8 cm³/mol. The molecule has 0 atom stereocenters. The number of fused-ring (bicyclic) bond motifs is 1. The Kier molecular flexibility index (Phi) is 4.03. The van der Waals surface area contributed by atoms with E-state index in [9.17, 15) is 8.78 Å². The topological polar surface area (TPSA) is 37.5 Å². The van der Waals surface area contributed by atoms with Crippen LogP contribution in [-0.2, 0) is 6.61 Å². The number of aliphatic hydroxyl groups is 1. The van der Waals surface area contributed by atoms with Crippen molar-refractivity contribution in [3.05, 3.63) is 70.3 Å². The van der Waals surface area contributed by atoms with Crippen molar-refractivity contribution in [3.63, 3.8) is 0 Å². The average molecular weight is 377 g/mol. The van der Waals surface area contributed by atoms with Crippen LogP contribution < -0.4 is 0 Å². The van der Waals surface area contributed by atoms with E-state index < -0.39 is 18.2 Å². The first-order chi connectivity index (χ1) is 12.1. The number of aromatic nitrogens is 2. The fraction of sp³-hybridized carbons (Fsp3) is 0.0556. The largest absolute Gasteiger partial charge is 0.391 e. The normalized spacial score (nSPS) is 11.4. The number of benzene rings is 1. The van der Waals surface area contributed by atoms with E-state index in [2.05, 4.69) is 4.98 Å². The molecular weight excluding hydrogens is 366 g/mol. The van der Waals surface area contributed by atoms with E-state index in [1.807, 2.05) is 12.3 Å². The Morgan fingerprint density at radius 2 is 1.92 bits per heavy atom. The molecule has 0 fully saturated rings. The summed E-state index contributed by atoms with van der Waals surface area (Å²) in [7, 11) is 0. The van der Waals surface area contributed by atoms with Crippen LogP contribution in [0.25, 0.3) is 27.3 Å². The summed E-state index contributed by atoms with van der Waals surface area (Å²) in [5.74, 6) is -1.52. The molecule has 0 radical (unpaired) electrons. The van der Waals surface area contributed by atoms with Crippen molar-refractivity contribution in [2.24, 2.45) is 0 Å². The molecule has 0 unspecified atom stereocenters. The third-order valence-corrected chi connectivity index (χ3v) is 5.19. The second kappa shape index (κ2) is 6.22. The fourth-order valence-electron chi connectivity index (χ4n) is 2.69. The summed E-state index contributed by atoms with van der Waals surface area (Å²) in [6.45, 7) is -0.692. The molecule has 126 valence electrons. The lowest BCUT2D eigenvalue weighted by atomic mass is 10.0. The van der Waals surface area contributed by atoms with Crippen LogP contribution in [-0.4, -0.2) is 14.5 Å². The molecule has 0 aliphatic carbocycles. The Morgan fingerprint density at radius 1 is 1.08 bits per heavy atom. The maximum atomic E-state index is 14.5. The molecule has 0 aliphatic heterocycles. The van der Waals surface area contributed by atoms with Gasteiger partial charge in [0.15, 0.2) is 0 Å². The first-order valence-electron chi connectivity index (χ1n) is 7.39. The lowest BCUT2D eigenvalue weighted by molar-refractivity contribution is 0.269. The maximum absolute atomic E-state index is 14.5. The summed E-state index contributed by atoms with van der Waals surface area (Å²) in [6.07, 6.45) is 3.55. The molecule has 4 rings (SSSR count). The molecule has 4 aromatic rings. The number of hydrogen-bond acceptors (Lipinski definition) is 3. The maximum Gasteiger partial charge on any atom is 0.139 e. The number of pyridine rings is 1. The van der Waals surface area contributed by atoms with Crippen molar-refractivity contribution < 1.29 is 13.9 Å². The number of aliphatic hydroxyl groups excluding tert-OH is 1. The number of thiophene rings is 1. The van der Waals surface area contributed by atoms with Gasteiger partial charge < -0.3 is 9.51 Å². The van der Waals surface area contributed by atoms with Crippen LogP contribution in [0.5, 0.6) is 0 Å². The van der Waals surface area contributed by atoms with Gasteiger partial charge in [0.2, 0.25) is 0 Å². The van der Waals surface area contributed by atoms with Gasteiger partial charge in [0.1, 0.15) is 17.3 Å². The zero-order chi connectivity index (χ0) is 17.6. The van der Waals surface area contributed by atoms with E-state index in [4.69, 9.17) is 16.7 Å². The Labute approximate surface area is 150 Å². The quantitative estimate of drug-likeness (QED) is 0.536. The molecule has 0 saturated carbocycles. The summed E-state index contributed by atoms with van der Waals surface area (Å²) < 4.78 is 30.5. The Balaban J connectivity index is 1.82. The predicted octanol–water partition coefficient (Wildman–Crippen LogP) is 5.15. The summed E-state index contributed by atoms with van der Waals surface area (Å²) >= 11 is 7.39. The van der Waals surface area contributed by atoms with Crippen molar-refractivity contribution >= 4 is 28.6 Å². The SMILES string of the molecule is OCc1c(F)ccc(-c2ccc3nc(-c4ccc(Cl)s4)cn3c2)c1F. The summed E-state index contributed by atoms with van der Waals surface area (Å²) in [5.41, 5.74) is 1.92. The second-order valence-electron chi connectivity index (χ2n) is 5.46. The van der Waals surface area contributed by atoms with Crippen LogP contribution in [0.4, 0.5) is 8.78 Å². The summed E-state index contributed by atoms with van der Waals surface area (Å²) in [6, 6.07) is 9.69. The van der Waals surface area contributed by atoms with E-state index in [0.29, 0.717) is 15.5 Å². The molecule has 0 amide bonds. The number of halogens is 3. The molecule has 1 N–H and O–H groups in total. The summed E-state index contributed by atoms with van der Waals surface area (Å²) in [4.78, 5) is 5.46. The van der Waals surface area contributed by atoms with Crippen LogP contribution in [0.1, 0.15) is 5.56 Å². The Bertz CT molecular complexity index is 1090. The van der Waals surface area contributed by atoms with Gasteiger partial charge in [-0.05, 0) is 36.4 Å². The second-order valence-corrected chi connectivity index (χ2v) is 7.17.